The van der Waals surface area contributed by atoms with E-state index >= 15 is 0 Å². The Hall–Kier alpha value is -1.51. The molecule has 4 rings (SSSR count). The Morgan fingerprint density at radius 2 is 1.05 bits per heavy atom. The fourth-order valence-electron chi connectivity index (χ4n) is 4.74. The van der Waals surface area contributed by atoms with Crippen LogP contribution in [0.4, 0.5) is 11.4 Å². The first-order valence-electron chi connectivity index (χ1n) is 13.3. The normalized spacial score (nSPS) is 13.3. The number of para-hydroxylation sites is 2. The molecule has 1 aliphatic rings. The third-order valence-corrected chi connectivity index (χ3v) is 6.65. The molecule has 1 saturated heterocycles. The van der Waals surface area contributed by atoms with E-state index in [1.165, 1.54) is 33.6 Å². The van der Waals surface area contributed by atoms with Gasteiger partial charge in [-0.2, -0.15) is 0 Å². The molecule has 2 radical (unpaired) electrons. The molecule has 2 heterocycles. The Labute approximate surface area is 247 Å². The Bertz CT molecular complexity index is 975. The van der Waals surface area contributed by atoms with Gasteiger partial charge in [0.1, 0.15) is 0 Å². The van der Waals surface area contributed by atoms with Crippen LogP contribution in [0.2, 0.25) is 0 Å². The summed E-state index contributed by atoms with van der Waals surface area (Å²) in [6.45, 7) is 24.1. The first-order valence-corrected chi connectivity index (χ1v) is 17.3. The summed E-state index contributed by atoms with van der Waals surface area (Å²) in [7, 11) is 11.6. The molecule has 0 unspecified atom stereocenters. The zero-order valence-electron chi connectivity index (χ0n) is 24.3. The first-order chi connectivity index (χ1) is 18.0. The summed E-state index contributed by atoms with van der Waals surface area (Å²) < 4.78 is 1.89. The van der Waals surface area contributed by atoms with Crippen LogP contribution < -0.4 is 9.80 Å². The number of imidazole rings is 1. The second-order valence-corrected chi connectivity index (χ2v) is 13.2. The third-order valence-electron chi connectivity index (χ3n) is 6.65. The number of aryl methyl sites for hydroxylation is 1. The van der Waals surface area contributed by atoms with Gasteiger partial charge in [0.05, 0.1) is 6.33 Å². The molecule has 0 aliphatic carbocycles. The summed E-state index contributed by atoms with van der Waals surface area (Å²) in [5, 5.41) is 0. The van der Waals surface area contributed by atoms with E-state index in [2.05, 4.69) is 113 Å². The van der Waals surface area contributed by atoms with E-state index in [0.29, 0.717) is 23.7 Å². The Kier molecular flexibility index (Phi) is 13.7. The van der Waals surface area contributed by atoms with Gasteiger partial charge < -0.3 is 14.4 Å². The van der Waals surface area contributed by atoms with Crippen LogP contribution in [-0.2, 0) is 23.0 Å². The zero-order valence-corrected chi connectivity index (χ0v) is 27.3. The molecule has 1 fully saturated rings. The fraction of sp³-hybridized carbons (Fsp3) is 0.484. The van der Waals surface area contributed by atoms with Crippen molar-refractivity contribution in [2.45, 2.75) is 79.1 Å². The van der Waals surface area contributed by atoms with E-state index in [-0.39, 0.29) is 15.9 Å². The molecule has 38 heavy (non-hydrogen) atoms. The molecular weight excluding hydrogens is 606 g/mol. The number of hydrogen-bond donors (Lipinski definition) is 0. The standard InChI is InChI=1S/C27H38N2.C4H6N2.2ClH.Pd/c1-18(2)22-11-9-12-23(19(3)4)26(22)28-15-16-29(17-28)27-24(20(5)6)13-10-14-25(27)21(7)8;1-6-3-2-5-4-6;;;/h9-14,18-21H,15-16H2,1-8H3;2-4H,1H3;2*1H;/q;;;;+2/p-2. The number of aromatic nitrogens is 2. The van der Waals surface area contributed by atoms with Gasteiger partial charge >= 0.3 is 35.0 Å². The Balaban J connectivity index is 0.000000480. The monoisotopic (exact) mass is 648 g/mol. The number of hydrogen-bond acceptors (Lipinski definition) is 3. The summed E-state index contributed by atoms with van der Waals surface area (Å²) in [6, 6.07) is 13.6. The van der Waals surface area contributed by atoms with Crippen LogP contribution in [0.15, 0.2) is 55.1 Å². The quantitative estimate of drug-likeness (QED) is 0.249. The van der Waals surface area contributed by atoms with Crippen molar-refractivity contribution < 1.29 is 15.9 Å². The van der Waals surface area contributed by atoms with Crippen molar-refractivity contribution in [3.05, 3.63) is 84.0 Å². The van der Waals surface area contributed by atoms with Gasteiger partial charge in [0.15, 0.2) is 0 Å². The summed E-state index contributed by atoms with van der Waals surface area (Å²) in [5.41, 5.74) is 8.43. The van der Waals surface area contributed by atoms with Crippen molar-refractivity contribution in [1.29, 1.82) is 0 Å². The second kappa shape index (κ2) is 15.9. The van der Waals surface area contributed by atoms with Gasteiger partial charge in [-0.05, 0) is 45.9 Å². The molecule has 7 heteroatoms. The molecule has 0 bridgehead atoms. The van der Waals surface area contributed by atoms with Crippen molar-refractivity contribution in [3.8, 4) is 0 Å². The van der Waals surface area contributed by atoms with Crippen LogP contribution in [0.3, 0.4) is 0 Å². The van der Waals surface area contributed by atoms with Crippen LogP contribution in [0.5, 0.6) is 0 Å². The SMILES string of the molecule is CC(C)c1cccc(C(C)C)c1N1[C]N(c2c(C(C)C)cccc2C(C)C)CC1.Cn1ccnc1.[Cl][Pd][Cl]. The van der Waals surface area contributed by atoms with Gasteiger partial charge in [-0.1, -0.05) is 91.8 Å². The maximum atomic E-state index is 4.81. The number of rotatable bonds is 6. The average Bonchev–Trinajstić information content (AvgIpc) is 3.55. The van der Waals surface area contributed by atoms with Gasteiger partial charge in [0, 0.05) is 43.9 Å². The van der Waals surface area contributed by atoms with Gasteiger partial charge in [-0.15, -0.1) is 0 Å². The van der Waals surface area contributed by atoms with E-state index in [0.717, 1.165) is 13.1 Å². The van der Waals surface area contributed by atoms with Gasteiger partial charge in [-0.3, -0.25) is 0 Å². The van der Waals surface area contributed by atoms with E-state index < -0.39 is 0 Å². The van der Waals surface area contributed by atoms with Crippen LogP contribution in [0.1, 0.15) is 101 Å². The minimum absolute atomic E-state index is 0.106. The minimum atomic E-state index is -0.106. The molecule has 1 aromatic heterocycles. The maximum absolute atomic E-state index is 4.81. The molecule has 0 amide bonds. The topological polar surface area (TPSA) is 24.3 Å². The predicted octanol–water partition coefficient (Wildman–Crippen LogP) is 9.30. The third kappa shape index (κ3) is 8.75. The van der Waals surface area contributed by atoms with Crippen molar-refractivity contribution in [2.24, 2.45) is 7.05 Å². The number of anilines is 2. The van der Waals surface area contributed by atoms with Gasteiger partial charge in [0.2, 0.25) is 6.67 Å². The molecule has 0 spiro atoms. The van der Waals surface area contributed by atoms with E-state index in [9.17, 15) is 0 Å². The molecule has 3 aromatic rings. The molecule has 1 aliphatic heterocycles. The molecule has 0 atom stereocenters. The molecular formula is C31H44Cl2N4Pd. The average molecular weight is 650 g/mol. The molecule has 2 aromatic carbocycles. The summed E-state index contributed by atoms with van der Waals surface area (Å²) in [6.07, 6.45) is 5.39. The first kappa shape index (κ1) is 32.7. The number of benzene rings is 2. The zero-order chi connectivity index (χ0) is 28.4. The summed E-state index contributed by atoms with van der Waals surface area (Å²) in [4.78, 5) is 8.55. The van der Waals surface area contributed by atoms with Gasteiger partial charge in [0.25, 0.3) is 0 Å². The van der Waals surface area contributed by atoms with Crippen LogP contribution in [0, 0.1) is 6.67 Å². The van der Waals surface area contributed by atoms with Crippen LogP contribution >= 0.6 is 19.1 Å². The number of halogens is 2. The fourth-order valence-corrected chi connectivity index (χ4v) is 4.74. The second-order valence-electron chi connectivity index (χ2n) is 10.9. The predicted molar refractivity (Wildman–Crippen MR) is 162 cm³/mol. The van der Waals surface area contributed by atoms with E-state index in [4.69, 9.17) is 19.1 Å². The molecule has 0 saturated carbocycles. The van der Waals surface area contributed by atoms with Crippen molar-refractivity contribution >= 4 is 30.4 Å². The van der Waals surface area contributed by atoms with Crippen LogP contribution in [-0.4, -0.2) is 22.6 Å². The van der Waals surface area contributed by atoms with Gasteiger partial charge in [-0.25, -0.2) is 4.98 Å². The van der Waals surface area contributed by atoms with Crippen molar-refractivity contribution in [1.82, 2.24) is 9.55 Å². The van der Waals surface area contributed by atoms with Crippen molar-refractivity contribution in [3.63, 3.8) is 0 Å². The summed E-state index contributed by atoms with van der Waals surface area (Å²) >= 11 is -0.106. The van der Waals surface area contributed by atoms with Crippen LogP contribution in [0.25, 0.3) is 0 Å². The van der Waals surface area contributed by atoms with E-state index in [1.54, 1.807) is 12.5 Å². The molecule has 212 valence electrons. The Morgan fingerprint density at radius 3 is 1.26 bits per heavy atom. The molecule has 0 N–H and O–H groups in total. The molecule has 4 nitrogen and oxygen atoms in total. The number of nitrogens with zero attached hydrogens (tertiary/aromatic N) is 4. The Morgan fingerprint density at radius 1 is 0.711 bits per heavy atom. The van der Waals surface area contributed by atoms with E-state index in [1.807, 2.05) is 17.8 Å². The van der Waals surface area contributed by atoms with Crippen molar-refractivity contribution in [2.75, 3.05) is 22.9 Å². The summed E-state index contributed by atoms with van der Waals surface area (Å²) in [5.74, 6) is 1.98.